The molecule has 0 radical (unpaired) electrons. The molecule has 1 aromatic carbocycles. The van der Waals surface area contributed by atoms with Crippen LogP contribution in [0.15, 0.2) is 71.9 Å². The highest BCUT2D eigenvalue weighted by molar-refractivity contribution is 5.64. The molecular formula is C22H21N3O2. The molecule has 0 N–H and O–H groups in total. The number of rotatable bonds is 4. The van der Waals surface area contributed by atoms with Crippen LogP contribution in [0.25, 0.3) is 16.8 Å². The fraction of sp³-hybridized carbons (Fsp3) is 0.182. The summed E-state index contributed by atoms with van der Waals surface area (Å²) in [5.41, 5.74) is 5.64. The number of aromatic nitrogens is 3. The minimum Gasteiger partial charge on any atom is -0.370 e. The monoisotopic (exact) mass is 359 g/mol. The van der Waals surface area contributed by atoms with Crippen molar-refractivity contribution in [2.75, 3.05) is 7.11 Å². The van der Waals surface area contributed by atoms with Crippen LogP contribution in [0.3, 0.4) is 0 Å². The first-order valence-electron chi connectivity index (χ1n) is 8.81. The second-order valence-corrected chi connectivity index (χ2v) is 6.68. The number of imidazole rings is 1. The zero-order valence-corrected chi connectivity index (χ0v) is 15.6. The lowest BCUT2D eigenvalue weighted by Gasteiger charge is -2.16. The van der Waals surface area contributed by atoms with Gasteiger partial charge in [0.2, 0.25) is 0 Å². The summed E-state index contributed by atoms with van der Waals surface area (Å²) in [5.74, 6) is 0. The predicted octanol–water partition coefficient (Wildman–Crippen LogP) is 3.74. The number of hydrogen-bond acceptors (Lipinski definition) is 3. The third-order valence-corrected chi connectivity index (χ3v) is 4.84. The molecule has 0 aliphatic heterocycles. The molecule has 4 rings (SSSR count). The quantitative estimate of drug-likeness (QED) is 0.558. The van der Waals surface area contributed by atoms with Crippen LogP contribution in [0, 0.1) is 6.92 Å². The topological polar surface area (TPSA) is 48.5 Å². The number of hydrogen-bond donors (Lipinski definition) is 0. The van der Waals surface area contributed by atoms with Crippen LogP contribution in [0.5, 0.6) is 0 Å². The van der Waals surface area contributed by atoms with Crippen molar-refractivity contribution in [1.82, 2.24) is 14.0 Å². The van der Waals surface area contributed by atoms with E-state index in [0.29, 0.717) is 0 Å². The largest absolute Gasteiger partial charge is 0.370 e. The van der Waals surface area contributed by atoms with E-state index in [1.807, 2.05) is 74.0 Å². The van der Waals surface area contributed by atoms with Crippen LogP contribution in [0.1, 0.15) is 22.9 Å². The van der Waals surface area contributed by atoms with E-state index in [2.05, 4.69) is 9.38 Å². The Bertz CT molecular complexity index is 1130. The van der Waals surface area contributed by atoms with E-state index in [1.165, 1.54) is 0 Å². The molecule has 0 amide bonds. The maximum atomic E-state index is 12.0. The Hall–Kier alpha value is -3.18. The lowest BCUT2D eigenvalue weighted by atomic mass is 10.1. The SMILES string of the molecule is COC(c1ccccc1)c1cnc2ccc(-c3cc(C)c(=O)n(C)c3)cn12. The Labute approximate surface area is 157 Å². The van der Waals surface area contributed by atoms with Crippen LogP contribution in [-0.2, 0) is 11.8 Å². The van der Waals surface area contributed by atoms with Gasteiger partial charge in [0.15, 0.2) is 0 Å². The molecule has 27 heavy (non-hydrogen) atoms. The second-order valence-electron chi connectivity index (χ2n) is 6.68. The zero-order valence-electron chi connectivity index (χ0n) is 15.6. The van der Waals surface area contributed by atoms with Gasteiger partial charge in [-0.3, -0.25) is 4.79 Å². The van der Waals surface area contributed by atoms with E-state index in [4.69, 9.17) is 4.74 Å². The third kappa shape index (κ3) is 3.06. The molecule has 0 bridgehead atoms. The highest BCUT2D eigenvalue weighted by Gasteiger charge is 2.18. The van der Waals surface area contributed by atoms with Gasteiger partial charge in [0.1, 0.15) is 11.8 Å². The van der Waals surface area contributed by atoms with Gasteiger partial charge in [-0.2, -0.15) is 0 Å². The molecule has 136 valence electrons. The zero-order chi connectivity index (χ0) is 19.0. The van der Waals surface area contributed by atoms with Gasteiger partial charge in [0.05, 0.1) is 11.9 Å². The summed E-state index contributed by atoms with van der Waals surface area (Å²) >= 11 is 0. The summed E-state index contributed by atoms with van der Waals surface area (Å²) in [5, 5.41) is 0. The summed E-state index contributed by atoms with van der Waals surface area (Å²) in [6.07, 6.45) is 5.55. The summed E-state index contributed by atoms with van der Waals surface area (Å²) in [6, 6.07) is 16.0. The van der Waals surface area contributed by atoms with Gasteiger partial charge in [-0.15, -0.1) is 0 Å². The normalized spacial score (nSPS) is 12.4. The lowest BCUT2D eigenvalue weighted by Crippen LogP contribution is -2.18. The van der Waals surface area contributed by atoms with Crippen LogP contribution in [0.4, 0.5) is 0 Å². The standard InChI is InChI=1S/C22H21N3O2/c1-15-11-18(13-24(2)22(15)26)17-9-10-20-23-12-19(25(20)14-17)21(27-3)16-7-5-4-6-8-16/h4-14,21H,1-3H3. The van der Waals surface area contributed by atoms with Crippen molar-refractivity contribution >= 4 is 5.65 Å². The van der Waals surface area contributed by atoms with Gasteiger partial charge in [0.25, 0.3) is 5.56 Å². The van der Waals surface area contributed by atoms with Crippen LogP contribution in [-0.4, -0.2) is 21.1 Å². The van der Waals surface area contributed by atoms with Gasteiger partial charge >= 0.3 is 0 Å². The van der Waals surface area contributed by atoms with Crippen molar-refractivity contribution in [2.45, 2.75) is 13.0 Å². The molecule has 0 saturated carbocycles. The Morgan fingerprint density at radius 1 is 1.04 bits per heavy atom. The molecule has 5 heteroatoms. The molecule has 0 saturated heterocycles. The first-order chi connectivity index (χ1) is 13.1. The van der Waals surface area contributed by atoms with Crippen LogP contribution < -0.4 is 5.56 Å². The Morgan fingerprint density at radius 2 is 1.81 bits per heavy atom. The van der Waals surface area contributed by atoms with Crippen LogP contribution >= 0.6 is 0 Å². The number of fused-ring (bicyclic) bond motifs is 1. The molecule has 3 heterocycles. The number of methoxy groups -OCH3 is 1. The fourth-order valence-electron chi connectivity index (χ4n) is 3.46. The van der Waals surface area contributed by atoms with Gasteiger partial charge in [-0.25, -0.2) is 4.98 Å². The molecule has 4 aromatic rings. The molecule has 1 atom stereocenters. The van der Waals surface area contributed by atoms with Crippen molar-refractivity contribution in [2.24, 2.45) is 7.05 Å². The number of benzene rings is 1. The third-order valence-electron chi connectivity index (χ3n) is 4.84. The maximum absolute atomic E-state index is 12.0. The molecule has 3 aromatic heterocycles. The molecule has 0 aliphatic carbocycles. The van der Waals surface area contributed by atoms with Crippen molar-refractivity contribution in [1.29, 1.82) is 0 Å². The minimum absolute atomic E-state index is 0.0201. The average Bonchev–Trinajstić information content (AvgIpc) is 3.10. The number of nitrogens with zero attached hydrogens (tertiary/aromatic N) is 3. The van der Waals surface area contributed by atoms with Gasteiger partial charge in [-0.05, 0) is 41.8 Å². The van der Waals surface area contributed by atoms with E-state index < -0.39 is 0 Å². The molecule has 0 spiro atoms. The average molecular weight is 359 g/mol. The highest BCUT2D eigenvalue weighted by atomic mass is 16.5. The Morgan fingerprint density at radius 3 is 2.52 bits per heavy atom. The minimum atomic E-state index is -0.210. The predicted molar refractivity (Wildman–Crippen MR) is 106 cm³/mol. The van der Waals surface area contributed by atoms with Gasteiger partial charge in [-0.1, -0.05) is 30.3 Å². The van der Waals surface area contributed by atoms with E-state index in [9.17, 15) is 4.79 Å². The molecule has 1 unspecified atom stereocenters. The Balaban J connectivity index is 1.86. The van der Waals surface area contributed by atoms with Crippen molar-refractivity contribution < 1.29 is 4.74 Å². The smallest absolute Gasteiger partial charge is 0.253 e. The second kappa shape index (κ2) is 6.85. The first-order valence-corrected chi connectivity index (χ1v) is 8.81. The van der Waals surface area contributed by atoms with Gasteiger partial charge in [0, 0.05) is 32.1 Å². The maximum Gasteiger partial charge on any atom is 0.253 e. The summed E-state index contributed by atoms with van der Waals surface area (Å²) in [7, 11) is 3.48. The Kier molecular flexibility index (Phi) is 4.38. The number of ether oxygens (including phenoxy) is 1. The number of pyridine rings is 2. The summed E-state index contributed by atoms with van der Waals surface area (Å²) in [4.78, 5) is 16.5. The van der Waals surface area contributed by atoms with Gasteiger partial charge < -0.3 is 13.7 Å². The molecular weight excluding hydrogens is 338 g/mol. The summed E-state index contributed by atoms with van der Waals surface area (Å²) < 4.78 is 9.45. The highest BCUT2D eigenvalue weighted by Crippen LogP contribution is 2.28. The van der Waals surface area contributed by atoms with Crippen molar-refractivity contribution in [3.8, 4) is 11.1 Å². The van der Waals surface area contributed by atoms with E-state index in [-0.39, 0.29) is 11.7 Å². The number of aryl methyl sites for hydroxylation is 2. The van der Waals surface area contributed by atoms with E-state index >= 15 is 0 Å². The molecule has 5 nitrogen and oxygen atoms in total. The van der Waals surface area contributed by atoms with E-state index in [1.54, 1.807) is 18.7 Å². The summed E-state index contributed by atoms with van der Waals surface area (Å²) in [6.45, 7) is 1.84. The van der Waals surface area contributed by atoms with Crippen molar-refractivity contribution in [3.05, 3.63) is 94.3 Å². The fourth-order valence-corrected chi connectivity index (χ4v) is 3.46. The molecule has 0 fully saturated rings. The first kappa shape index (κ1) is 17.2. The molecule has 0 aliphatic rings. The lowest BCUT2D eigenvalue weighted by molar-refractivity contribution is 0.132. The van der Waals surface area contributed by atoms with Crippen molar-refractivity contribution in [3.63, 3.8) is 0 Å². The van der Waals surface area contributed by atoms with Crippen LogP contribution in [0.2, 0.25) is 0 Å². The van der Waals surface area contributed by atoms with E-state index in [0.717, 1.165) is 33.6 Å².